The first-order valence-electron chi connectivity index (χ1n) is 5.99. The molecule has 0 spiro atoms. The standard InChI is InChI=1S/C14H15N3/c1-2-4-13-11(3-1)5-6-14(13)16-9-12-7-8-15-10-17-12/h1-4,7-8,10,14,16H,5-6,9H2. The Morgan fingerprint density at radius 3 is 3.06 bits per heavy atom. The zero-order valence-electron chi connectivity index (χ0n) is 9.63. The Balaban J connectivity index is 1.68. The van der Waals surface area contributed by atoms with E-state index < -0.39 is 0 Å². The maximum atomic E-state index is 4.22. The summed E-state index contributed by atoms with van der Waals surface area (Å²) in [4.78, 5) is 8.14. The third kappa shape index (κ3) is 2.19. The quantitative estimate of drug-likeness (QED) is 0.870. The number of benzene rings is 1. The lowest BCUT2D eigenvalue weighted by molar-refractivity contribution is 0.525. The first-order valence-corrected chi connectivity index (χ1v) is 5.99. The largest absolute Gasteiger partial charge is 0.304 e. The van der Waals surface area contributed by atoms with Gasteiger partial charge in [0.15, 0.2) is 0 Å². The van der Waals surface area contributed by atoms with Gasteiger partial charge in [0.05, 0.1) is 5.69 Å². The maximum absolute atomic E-state index is 4.22. The average Bonchev–Trinajstić information content (AvgIpc) is 2.81. The van der Waals surface area contributed by atoms with Crippen LogP contribution in [0.5, 0.6) is 0 Å². The van der Waals surface area contributed by atoms with Crippen LogP contribution in [0.2, 0.25) is 0 Å². The predicted molar refractivity (Wildman–Crippen MR) is 66.4 cm³/mol. The van der Waals surface area contributed by atoms with Crippen molar-refractivity contribution in [2.75, 3.05) is 0 Å². The molecule has 1 aliphatic carbocycles. The van der Waals surface area contributed by atoms with E-state index >= 15 is 0 Å². The van der Waals surface area contributed by atoms with Crippen LogP contribution in [0, 0.1) is 0 Å². The van der Waals surface area contributed by atoms with Gasteiger partial charge in [-0.2, -0.15) is 0 Å². The van der Waals surface area contributed by atoms with Gasteiger partial charge in [0.2, 0.25) is 0 Å². The van der Waals surface area contributed by atoms with Crippen molar-refractivity contribution in [3.63, 3.8) is 0 Å². The molecule has 1 unspecified atom stereocenters. The number of fused-ring (bicyclic) bond motifs is 1. The van der Waals surface area contributed by atoms with Crippen LogP contribution in [0.3, 0.4) is 0 Å². The molecule has 0 saturated carbocycles. The molecule has 3 rings (SSSR count). The SMILES string of the molecule is c1ccc2c(c1)CCC2NCc1ccncn1. The molecule has 1 N–H and O–H groups in total. The highest BCUT2D eigenvalue weighted by atomic mass is 14.9. The summed E-state index contributed by atoms with van der Waals surface area (Å²) in [5, 5.41) is 3.56. The van der Waals surface area contributed by atoms with Gasteiger partial charge < -0.3 is 5.32 Å². The minimum absolute atomic E-state index is 0.473. The van der Waals surface area contributed by atoms with Gasteiger partial charge in [-0.1, -0.05) is 24.3 Å². The lowest BCUT2D eigenvalue weighted by Gasteiger charge is -2.13. The van der Waals surface area contributed by atoms with E-state index in [2.05, 4.69) is 39.6 Å². The van der Waals surface area contributed by atoms with E-state index in [-0.39, 0.29) is 0 Å². The fourth-order valence-electron chi connectivity index (χ4n) is 2.42. The minimum Gasteiger partial charge on any atom is -0.304 e. The molecular weight excluding hydrogens is 210 g/mol. The van der Waals surface area contributed by atoms with Crippen LogP contribution in [0.15, 0.2) is 42.9 Å². The average molecular weight is 225 g/mol. The van der Waals surface area contributed by atoms with Crippen LogP contribution in [0.4, 0.5) is 0 Å². The van der Waals surface area contributed by atoms with Crippen LogP contribution in [-0.4, -0.2) is 9.97 Å². The summed E-state index contributed by atoms with van der Waals surface area (Å²) in [7, 11) is 0. The molecular formula is C14H15N3. The minimum atomic E-state index is 0.473. The zero-order valence-corrected chi connectivity index (χ0v) is 9.63. The second kappa shape index (κ2) is 4.63. The van der Waals surface area contributed by atoms with Crippen molar-refractivity contribution in [1.82, 2.24) is 15.3 Å². The molecule has 3 heteroatoms. The Morgan fingerprint density at radius 2 is 2.18 bits per heavy atom. The summed E-state index contributed by atoms with van der Waals surface area (Å²) in [6.45, 7) is 0.807. The third-order valence-corrected chi connectivity index (χ3v) is 3.31. The monoisotopic (exact) mass is 225 g/mol. The highest BCUT2D eigenvalue weighted by molar-refractivity contribution is 5.34. The molecule has 0 aliphatic heterocycles. The van der Waals surface area contributed by atoms with Gasteiger partial charge in [-0.15, -0.1) is 0 Å². The van der Waals surface area contributed by atoms with E-state index in [1.165, 1.54) is 24.0 Å². The normalized spacial score (nSPS) is 18.0. The van der Waals surface area contributed by atoms with Crippen LogP contribution in [0.1, 0.15) is 29.3 Å². The number of aromatic nitrogens is 2. The molecule has 0 amide bonds. The molecule has 0 radical (unpaired) electrons. The fraction of sp³-hybridized carbons (Fsp3) is 0.286. The second-order valence-electron chi connectivity index (χ2n) is 4.37. The number of hydrogen-bond acceptors (Lipinski definition) is 3. The number of aryl methyl sites for hydroxylation is 1. The van der Waals surface area contributed by atoms with Crippen molar-refractivity contribution in [2.45, 2.75) is 25.4 Å². The summed E-state index contributed by atoms with van der Waals surface area (Å²) >= 11 is 0. The number of nitrogens with zero attached hydrogens (tertiary/aromatic N) is 2. The molecule has 0 fully saturated rings. The Morgan fingerprint density at radius 1 is 1.24 bits per heavy atom. The van der Waals surface area contributed by atoms with E-state index in [1.807, 2.05) is 6.07 Å². The molecule has 86 valence electrons. The highest BCUT2D eigenvalue weighted by Gasteiger charge is 2.20. The smallest absolute Gasteiger partial charge is 0.115 e. The lowest BCUT2D eigenvalue weighted by atomic mass is 10.1. The van der Waals surface area contributed by atoms with Crippen molar-refractivity contribution in [3.8, 4) is 0 Å². The summed E-state index contributed by atoms with van der Waals surface area (Å²) in [6, 6.07) is 11.1. The Hall–Kier alpha value is -1.74. The Bertz CT molecular complexity index is 496. The first kappa shape index (κ1) is 10.4. The van der Waals surface area contributed by atoms with Crippen molar-refractivity contribution in [2.24, 2.45) is 0 Å². The van der Waals surface area contributed by atoms with E-state index in [9.17, 15) is 0 Å². The van der Waals surface area contributed by atoms with E-state index in [4.69, 9.17) is 0 Å². The lowest BCUT2D eigenvalue weighted by Crippen LogP contribution is -2.19. The molecule has 17 heavy (non-hydrogen) atoms. The molecule has 3 nitrogen and oxygen atoms in total. The van der Waals surface area contributed by atoms with Crippen molar-refractivity contribution >= 4 is 0 Å². The summed E-state index contributed by atoms with van der Waals surface area (Å²) in [5.41, 5.74) is 3.97. The number of nitrogens with one attached hydrogen (secondary N) is 1. The highest BCUT2D eigenvalue weighted by Crippen LogP contribution is 2.30. The van der Waals surface area contributed by atoms with Gasteiger partial charge in [0.25, 0.3) is 0 Å². The summed E-state index contributed by atoms with van der Waals surface area (Å²) in [6.07, 6.45) is 5.74. The molecule has 1 heterocycles. The first-order chi connectivity index (χ1) is 8.43. The van der Waals surface area contributed by atoms with E-state index in [0.29, 0.717) is 6.04 Å². The number of hydrogen-bond donors (Lipinski definition) is 1. The van der Waals surface area contributed by atoms with E-state index in [0.717, 1.165) is 12.2 Å². The zero-order chi connectivity index (χ0) is 11.5. The molecule has 1 aromatic carbocycles. The summed E-state index contributed by atoms with van der Waals surface area (Å²) < 4.78 is 0. The molecule has 1 atom stereocenters. The van der Waals surface area contributed by atoms with Gasteiger partial charge in [-0.05, 0) is 30.0 Å². The van der Waals surface area contributed by atoms with Crippen LogP contribution in [0.25, 0.3) is 0 Å². The van der Waals surface area contributed by atoms with Gasteiger partial charge in [-0.3, -0.25) is 0 Å². The molecule has 1 aliphatic rings. The van der Waals surface area contributed by atoms with Crippen molar-refractivity contribution in [1.29, 1.82) is 0 Å². The second-order valence-corrected chi connectivity index (χ2v) is 4.37. The maximum Gasteiger partial charge on any atom is 0.115 e. The van der Waals surface area contributed by atoms with Crippen molar-refractivity contribution < 1.29 is 0 Å². The van der Waals surface area contributed by atoms with Gasteiger partial charge in [-0.25, -0.2) is 9.97 Å². The molecule has 0 saturated heterocycles. The molecule has 1 aromatic heterocycles. The Kier molecular flexibility index (Phi) is 2.84. The molecule has 0 bridgehead atoms. The topological polar surface area (TPSA) is 37.8 Å². The van der Waals surface area contributed by atoms with Crippen molar-refractivity contribution in [3.05, 3.63) is 59.7 Å². The van der Waals surface area contributed by atoms with Crippen LogP contribution >= 0.6 is 0 Å². The van der Waals surface area contributed by atoms with Crippen LogP contribution < -0.4 is 5.32 Å². The predicted octanol–water partition coefficient (Wildman–Crippen LogP) is 2.25. The number of rotatable bonds is 3. The van der Waals surface area contributed by atoms with Gasteiger partial charge in [0, 0.05) is 18.8 Å². The van der Waals surface area contributed by atoms with Crippen LogP contribution in [-0.2, 0) is 13.0 Å². The summed E-state index contributed by atoms with van der Waals surface area (Å²) in [5.74, 6) is 0. The molecule has 2 aromatic rings. The Labute approximate surface area is 101 Å². The van der Waals surface area contributed by atoms with Gasteiger partial charge in [0.1, 0.15) is 6.33 Å². The third-order valence-electron chi connectivity index (χ3n) is 3.31. The van der Waals surface area contributed by atoms with Gasteiger partial charge >= 0.3 is 0 Å². The fourth-order valence-corrected chi connectivity index (χ4v) is 2.42. The van der Waals surface area contributed by atoms with E-state index in [1.54, 1.807) is 12.5 Å².